The summed E-state index contributed by atoms with van der Waals surface area (Å²) in [6.07, 6.45) is 2.13. The van der Waals surface area contributed by atoms with Gasteiger partial charge >= 0.3 is 5.69 Å². The highest BCUT2D eigenvalue weighted by atomic mass is 35.5. The lowest BCUT2D eigenvalue weighted by Crippen LogP contribution is -2.44. The van der Waals surface area contributed by atoms with Crippen LogP contribution in [0.1, 0.15) is 25.8 Å². The number of nitrogens with two attached hydrogens (primary N) is 1. The van der Waals surface area contributed by atoms with Crippen molar-refractivity contribution in [3.05, 3.63) is 69.0 Å². The standard InChI is InChI=1S/C20H28N4O3.ClH/c1-15(2)17(21)9-11-22(3)19(26)14-24-18(25)10-12-23(20(24)27)13-16-7-5-4-6-8-16;/h4-8,10,12,15,17H,9,11,13-14,21H2,1-3H3;1H. The number of nitrogens with zero attached hydrogens (tertiary/aromatic N) is 3. The first-order valence-electron chi connectivity index (χ1n) is 9.13. The molecule has 2 N–H and O–H groups in total. The Hall–Kier alpha value is -2.38. The lowest BCUT2D eigenvalue weighted by Gasteiger charge is -2.22. The summed E-state index contributed by atoms with van der Waals surface area (Å²) in [7, 11) is 1.66. The number of likely N-dealkylation sites (N-methyl/N-ethyl adjacent to an activating group) is 1. The average Bonchev–Trinajstić information content (AvgIpc) is 2.65. The fourth-order valence-corrected chi connectivity index (χ4v) is 2.66. The fourth-order valence-electron chi connectivity index (χ4n) is 2.66. The van der Waals surface area contributed by atoms with Crippen LogP contribution in [0.5, 0.6) is 0 Å². The maximum Gasteiger partial charge on any atom is 0.331 e. The van der Waals surface area contributed by atoms with Crippen molar-refractivity contribution in [1.82, 2.24) is 14.0 Å². The second-order valence-corrected chi connectivity index (χ2v) is 7.15. The highest BCUT2D eigenvalue weighted by Crippen LogP contribution is 2.04. The molecule has 28 heavy (non-hydrogen) atoms. The van der Waals surface area contributed by atoms with E-state index >= 15 is 0 Å². The van der Waals surface area contributed by atoms with Crippen molar-refractivity contribution in [2.75, 3.05) is 13.6 Å². The number of rotatable bonds is 8. The van der Waals surface area contributed by atoms with Gasteiger partial charge in [0.15, 0.2) is 0 Å². The molecule has 1 aromatic heterocycles. The first kappa shape index (κ1) is 23.7. The van der Waals surface area contributed by atoms with Gasteiger partial charge in [0.2, 0.25) is 5.91 Å². The summed E-state index contributed by atoms with van der Waals surface area (Å²) in [5.41, 5.74) is 5.98. The third-order valence-electron chi connectivity index (χ3n) is 4.71. The first-order valence-corrected chi connectivity index (χ1v) is 9.13. The number of hydrogen-bond donors (Lipinski definition) is 1. The minimum absolute atomic E-state index is 0. The van der Waals surface area contributed by atoms with Crippen molar-refractivity contribution in [3.63, 3.8) is 0 Å². The van der Waals surface area contributed by atoms with E-state index in [0.29, 0.717) is 25.4 Å². The number of carbonyl (C=O) groups excluding carboxylic acids is 1. The van der Waals surface area contributed by atoms with Crippen molar-refractivity contribution in [2.45, 2.75) is 39.4 Å². The molecule has 0 radical (unpaired) electrons. The van der Waals surface area contributed by atoms with Crippen molar-refractivity contribution in [2.24, 2.45) is 11.7 Å². The fraction of sp³-hybridized carbons (Fsp3) is 0.450. The number of aromatic nitrogens is 2. The normalized spacial score (nSPS) is 11.8. The number of halogens is 1. The van der Waals surface area contributed by atoms with Gasteiger partial charge in [0.1, 0.15) is 6.54 Å². The van der Waals surface area contributed by atoms with Crippen LogP contribution in [-0.4, -0.2) is 39.6 Å². The van der Waals surface area contributed by atoms with Crippen LogP contribution in [0.25, 0.3) is 0 Å². The van der Waals surface area contributed by atoms with Crippen molar-refractivity contribution >= 4 is 18.3 Å². The lowest BCUT2D eigenvalue weighted by molar-refractivity contribution is -0.130. The molecule has 0 fully saturated rings. The Morgan fingerprint density at radius 1 is 1.14 bits per heavy atom. The Labute approximate surface area is 171 Å². The van der Waals surface area contributed by atoms with Crippen LogP contribution >= 0.6 is 12.4 Å². The number of hydrogen-bond acceptors (Lipinski definition) is 4. The molecule has 0 aliphatic carbocycles. The number of carbonyl (C=O) groups is 1. The Morgan fingerprint density at radius 3 is 2.39 bits per heavy atom. The molecule has 1 heterocycles. The molecule has 1 atom stereocenters. The van der Waals surface area contributed by atoms with Crippen molar-refractivity contribution in [3.8, 4) is 0 Å². The van der Waals surface area contributed by atoms with Gasteiger partial charge in [-0.2, -0.15) is 0 Å². The van der Waals surface area contributed by atoms with Crippen LogP contribution in [0.2, 0.25) is 0 Å². The maximum atomic E-state index is 12.6. The number of benzene rings is 1. The highest BCUT2D eigenvalue weighted by molar-refractivity contribution is 5.85. The summed E-state index contributed by atoms with van der Waals surface area (Å²) < 4.78 is 2.41. The third kappa shape index (κ3) is 6.35. The highest BCUT2D eigenvalue weighted by Gasteiger charge is 2.16. The molecule has 0 saturated carbocycles. The Morgan fingerprint density at radius 2 is 1.79 bits per heavy atom. The minimum Gasteiger partial charge on any atom is -0.344 e. The second-order valence-electron chi connectivity index (χ2n) is 7.15. The second kappa shape index (κ2) is 10.8. The summed E-state index contributed by atoms with van der Waals surface area (Å²) >= 11 is 0. The van der Waals surface area contributed by atoms with E-state index in [1.165, 1.54) is 21.7 Å². The zero-order valence-corrected chi connectivity index (χ0v) is 17.4. The molecule has 2 aromatic rings. The Kier molecular flexibility index (Phi) is 9.15. The van der Waals surface area contributed by atoms with E-state index in [1.54, 1.807) is 7.05 Å². The van der Waals surface area contributed by atoms with Gasteiger partial charge in [-0.15, -0.1) is 12.4 Å². The van der Waals surface area contributed by atoms with E-state index in [0.717, 1.165) is 10.1 Å². The lowest BCUT2D eigenvalue weighted by atomic mass is 10.0. The Bertz CT molecular complexity index is 877. The smallest absolute Gasteiger partial charge is 0.331 e. The Balaban J connectivity index is 0.00000392. The zero-order valence-electron chi connectivity index (χ0n) is 16.6. The SMILES string of the molecule is CC(C)C(N)CCN(C)C(=O)Cn1c(=O)ccn(Cc2ccccc2)c1=O.Cl. The van der Waals surface area contributed by atoms with E-state index in [-0.39, 0.29) is 30.9 Å². The van der Waals surface area contributed by atoms with Gasteiger partial charge < -0.3 is 10.6 Å². The van der Waals surface area contributed by atoms with Gasteiger partial charge in [-0.1, -0.05) is 44.2 Å². The zero-order chi connectivity index (χ0) is 20.0. The van der Waals surface area contributed by atoms with Crippen molar-refractivity contribution < 1.29 is 4.79 Å². The molecule has 0 aliphatic heterocycles. The van der Waals surface area contributed by atoms with E-state index in [1.807, 2.05) is 44.2 Å². The van der Waals surface area contributed by atoms with Gasteiger partial charge in [0.05, 0.1) is 6.54 Å². The van der Waals surface area contributed by atoms with Crippen LogP contribution in [0.3, 0.4) is 0 Å². The van der Waals surface area contributed by atoms with Crippen LogP contribution in [0, 0.1) is 5.92 Å². The third-order valence-corrected chi connectivity index (χ3v) is 4.71. The first-order chi connectivity index (χ1) is 12.8. The molecular formula is C20H29ClN4O3. The summed E-state index contributed by atoms with van der Waals surface area (Å²) in [6, 6.07) is 10.8. The topological polar surface area (TPSA) is 90.3 Å². The van der Waals surface area contributed by atoms with Gasteiger partial charge in [0, 0.05) is 31.9 Å². The summed E-state index contributed by atoms with van der Waals surface area (Å²) in [6.45, 7) is 4.61. The van der Waals surface area contributed by atoms with E-state index in [4.69, 9.17) is 5.73 Å². The molecule has 2 rings (SSSR count). The predicted molar refractivity (Wildman–Crippen MR) is 113 cm³/mol. The maximum absolute atomic E-state index is 12.6. The van der Waals surface area contributed by atoms with Gasteiger partial charge in [0.25, 0.3) is 5.56 Å². The number of amides is 1. The largest absolute Gasteiger partial charge is 0.344 e. The molecule has 8 heteroatoms. The molecule has 0 saturated heterocycles. The quantitative estimate of drug-likeness (QED) is 0.713. The van der Waals surface area contributed by atoms with Gasteiger partial charge in [-0.3, -0.25) is 18.7 Å². The summed E-state index contributed by atoms with van der Waals surface area (Å²) in [5.74, 6) is 0.0399. The van der Waals surface area contributed by atoms with Crippen LogP contribution in [0.4, 0.5) is 0 Å². The molecule has 0 bridgehead atoms. The van der Waals surface area contributed by atoms with Crippen LogP contribution < -0.4 is 17.0 Å². The molecule has 0 aliphatic rings. The molecule has 1 aromatic carbocycles. The molecule has 7 nitrogen and oxygen atoms in total. The summed E-state index contributed by atoms with van der Waals surface area (Å²) in [4.78, 5) is 38.7. The van der Waals surface area contributed by atoms with Gasteiger partial charge in [-0.25, -0.2) is 4.79 Å². The molecule has 0 spiro atoms. The van der Waals surface area contributed by atoms with E-state index in [2.05, 4.69) is 0 Å². The van der Waals surface area contributed by atoms with Crippen molar-refractivity contribution in [1.29, 1.82) is 0 Å². The van der Waals surface area contributed by atoms with E-state index in [9.17, 15) is 14.4 Å². The minimum atomic E-state index is -0.494. The molecule has 154 valence electrons. The van der Waals surface area contributed by atoms with E-state index < -0.39 is 11.2 Å². The van der Waals surface area contributed by atoms with Crippen LogP contribution in [-0.2, 0) is 17.9 Å². The van der Waals surface area contributed by atoms with Crippen LogP contribution in [0.15, 0.2) is 52.2 Å². The van der Waals surface area contributed by atoms with Gasteiger partial charge in [-0.05, 0) is 17.9 Å². The average molecular weight is 409 g/mol. The monoisotopic (exact) mass is 408 g/mol. The molecular weight excluding hydrogens is 380 g/mol. The summed E-state index contributed by atoms with van der Waals surface area (Å²) in [5, 5.41) is 0. The molecule has 1 unspecified atom stereocenters. The molecule has 1 amide bonds. The predicted octanol–water partition coefficient (Wildman–Crippen LogP) is 1.31.